The second kappa shape index (κ2) is 8.35. The van der Waals surface area contributed by atoms with Crippen LogP contribution in [0.4, 0.5) is 5.69 Å². The highest BCUT2D eigenvalue weighted by Crippen LogP contribution is 2.60. The largest absolute Gasteiger partial charge is 0.466 e. The first kappa shape index (κ1) is 22.5. The monoisotopic (exact) mass is 514 g/mol. The van der Waals surface area contributed by atoms with E-state index in [1.807, 2.05) is 13.0 Å². The quantitative estimate of drug-likeness (QED) is 0.443. The van der Waals surface area contributed by atoms with E-state index in [1.165, 1.54) is 4.90 Å². The fourth-order valence-corrected chi connectivity index (χ4v) is 6.48. The Morgan fingerprint density at radius 3 is 2.84 bits per heavy atom. The van der Waals surface area contributed by atoms with Gasteiger partial charge in [-0.3, -0.25) is 14.4 Å². The van der Waals surface area contributed by atoms with Gasteiger partial charge in [0.15, 0.2) is 0 Å². The molecule has 0 aromatic heterocycles. The van der Waals surface area contributed by atoms with Gasteiger partial charge < -0.3 is 24.8 Å². The summed E-state index contributed by atoms with van der Waals surface area (Å²) < 4.78 is 11.5. The molecule has 31 heavy (non-hydrogen) atoms. The zero-order valence-electron chi connectivity index (χ0n) is 17.1. The van der Waals surface area contributed by atoms with Crippen LogP contribution in [0, 0.1) is 18.8 Å². The lowest BCUT2D eigenvalue weighted by Crippen LogP contribution is -2.54. The third-order valence-corrected chi connectivity index (χ3v) is 7.57. The molecule has 0 saturated carbocycles. The number of anilines is 1. The Bertz CT molecular complexity index is 909. The third kappa shape index (κ3) is 3.37. The molecule has 1 aromatic carbocycles. The van der Waals surface area contributed by atoms with E-state index >= 15 is 0 Å². The molecule has 10 heteroatoms. The van der Waals surface area contributed by atoms with Crippen LogP contribution in [0.3, 0.4) is 0 Å². The maximum Gasteiger partial charge on any atom is 0.312 e. The Hall–Kier alpha value is -1.68. The molecular weight excluding hydrogens is 492 g/mol. The van der Waals surface area contributed by atoms with E-state index in [0.29, 0.717) is 17.1 Å². The summed E-state index contributed by atoms with van der Waals surface area (Å²) in [6, 6.07) is 4.24. The Morgan fingerprint density at radius 2 is 2.19 bits per heavy atom. The number of β-amino-alcohol motifs (C(OH)–C–C–N with tert-alkyl or cyclic N) is 1. The van der Waals surface area contributed by atoms with Gasteiger partial charge >= 0.3 is 5.97 Å². The Balaban J connectivity index is 1.74. The van der Waals surface area contributed by atoms with E-state index in [2.05, 4.69) is 21.2 Å². The number of esters is 1. The molecule has 3 aliphatic heterocycles. The standard InChI is InChI=1S/C21H24BrClN2O6/c1-3-30-20(29)13-14-19(28)25(7-8-26)17(21(14)9-11(22)16(13)31-21)18(27)24-15-10(2)5-4-6-12(15)23/h4-6,11,13-14,16-17,26H,3,7-9H2,1-2H3,(H,24,27)/t11?,13-,14+,16-,17-,21+/m0/s1. The summed E-state index contributed by atoms with van der Waals surface area (Å²) in [4.78, 5) is 40.8. The number of para-hydroxylation sites is 1. The lowest BCUT2D eigenvalue weighted by molar-refractivity contribution is -0.154. The first-order valence-corrected chi connectivity index (χ1v) is 11.5. The molecule has 6 atom stereocenters. The lowest BCUT2D eigenvalue weighted by atomic mass is 9.70. The fourth-order valence-electron chi connectivity index (χ4n) is 5.27. The molecule has 1 spiro atoms. The van der Waals surface area contributed by atoms with Crippen molar-refractivity contribution in [1.29, 1.82) is 0 Å². The molecule has 2 amide bonds. The summed E-state index contributed by atoms with van der Waals surface area (Å²) in [6.45, 7) is 3.32. The van der Waals surface area contributed by atoms with E-state index in [1.54, 1.807) is 19.1 Å². The van der Waals surface area contributed by atoms with Crippen molar-refractivity contribution >= 4 is 51.0 Å². The van der Waals surface area contributed by atoms with Crippen LogP contribution in [0.15, 0.2) is 18.2 Å². The number of amides is 2. The number of likely N-dealkylation sites (tertiary alicyclic amines) is 1. The molecule has 0 aliphatic carbocycles. The van der Waals surface area contributed by atoms with Crippen LogP contribution in [0.1, 0.15) is 18.9 Å². The molecular formula is C21H24BrClN2O6. The maximum atomic E-state index is 13.5. The molecule has 3 saturated heterocycles. The van der Waals surface area contributed by atoms with Gasteiger partial charge in [-0.1, -0.05) is 39.7 Å². The normalized spacial score (nSPS) is 33.5. The van der Waals surface area contributed by atoms with Crippen LogP contribution >= 0.6 is 27.5 Å². The molecule has 1 aromatic rings. The maximum absolute atomic E-state index is 13.5. The summed E-state index contributed by atoms with van der Waals surface area (Å²) in [5.74, 6) is -3.02. The van der Waals surface area contributed by atoms with Crippen LogP contribution in [0.2, 0.25) is 5.02 Å². The Kier molecular flexibility index (Phi) is 6.06. The van der Waals surface area contributed by atoms with Crippen molar-refractivity contribution in [2.45, 2.75) is 42.8 Å². The summed E-state index contributed by atoms with van der Waals surface area (Å²) >= 11 is 9.85. The molecule has 168 valence electrons. The highest BCUT2D eigenvalue weighted by molar-refractivity contribution is 9.09. The number of hydrogen-bond donors (Lipinski definition) is 2. The number of ether oxygens (including phenoxy) is 2. The molecule has 3 fully saturated rings. The van der Waals surface area contributed by atoms with Gasteiger partial charge in [-0.25, -0.2) is 0 Å². The number of carbonyl (C=O) groups is 3. The molecule has 3 aliphatic rings. The van der Waals surface area contributed by atoms with Gasteiger partial charge in [-0.05, 0) is 31.9 Å². The van der Waals surface area contributed by atoms with Gasteiger partial charge in [-0.15, -0.1) is 0 Å². The number of hydrogen-bond acceptors (Lipinski definition) is 6. The summed E-state index contributed by atoms with van der Waals surface area (Å²) in [7, 11) is 0. The molecule has 0 radical (unpaired) electrons. The molecule has 4 rings (SSSR count). The van der Waals surface area contributed by atoms with Crippen LogP contribution in [-0.4, -0.2) is 70.1 Å². The van der Waals surface area contributed by atoms with Crippen molar-refractivity contribution in [3.8, 4) is 0 Å². The second-order valence-electron chi connectivity index (χ2n) is 8.09. The second-order valence-corrected chi connectivity index (χ2v) is 9.68. The predicted molar refractivity (Wildman–Crippen MR) is 116 cm³/mol. The van der Waals surface area contributed by atoms with Crippen molar-refractivity contribution in [2.75, 3.05) is 25.1 Å². The van der Waals surface area contributed by atoms with E-state index in [-0.39, 0.29) is 30.5 Å². The SMILES string of the molecule is CCOC(=O)[C@@H]1[C@H]2O[C@@]3(CC2Br)[C@H](C(=O)Nc2c(C)cccc2Cl)N(CCO)C(=O)[C@@H]13. The van der Waals surface area contributed by atoms with Gasteiger partial charge in [0, 0.05) is 11.4 Å². The summed E-state index contributed by atoms with van der Waals surface area (Å²) in [5, 5.41) is 12.8. The molecule has 2 bridgehead atoms. The minimum atomic E-state index is -1.19. The van der Waals surface area contributed by atoms with Crippen molar-refractivity contribution < 1.29 is 29.0 Å². The minimum absolute atomic E-state index is 0.0484. The highest BCUT2D eigenvalue weighted by atomic mass is 79.9. The number of aliphatic hydroxyl groups excluding tert-OH is 1. The van der Waals surface area contributed by atoms with Crippen molar-refractivity contribution in [3.05, 3.63) is 28.8 Å². The highest BCUT2D eigenvalue weighted by Gasteiger charge is 2.76. The number of fused-ring (bicyclic) bond motifs is 1. The number of aryl methyl sites for hydroxylation is 1. The number of carbonyl (C=O) groups excluding carboxylic acids is 3. The first-order valence-electron chi connectivity index (χ1n) is 10.2. The summed E-state index contributed by atoms with van der Waals surface area (Å²) in [6.07, 6.45) is -0.187. The van der Waals surface area contributed by atoms with Gasteiger partial charge in [-0.2, -0.15) is 0 Å². The molecule has 1 unspecified atom stereocenters. The number of benzene rings is 1. The first-order chi connectivity index (χ1) is 14.8. The van der Waals surface area contributed by atoms with E-state index < -0.39 is 41.5 Å². The van der Waals surface area contributed by atoms with Crippen LogP contribution in [-0.2, 0) is 23.9 Å². The minimum Gasteiger partial charge on any atom is -0.466 e. The van der Waals surface area contributed by atoms with E-state index in [9.17, 15) is 19.5 Å². The zero-order chi connectivity index (χ0) is 22.5. The Morgan fingerprint density at radius 1 is 1.45 bits per heavy atom. The van der Waals surface area contributed by atoms with Crippen LogP contribution < -0.4 is 5.32 Å². The number of aliphatic hydroxyl groups is 1. The number of rotatable bonds is 6. The van der Waals surface area contributed by atoms with Gasteiger partial charge in [0.25, 0.3) is 0 Å². The summed E-state index contributed by atoms with van der Waals surface area (Å²) in [5.41, 5.74) is 0.0320. The van der Waals surface area contributed by atoms with Gasteiger partial charge in [0.2, 0.25) is 11.8 Å². The smallest absolute Gasteiger partial charge is 0.312 e. The number of nitrogens with zero attached hydrogens (tertiary/aromatic N) is 1. The van der Waals surface area contributed by atoms with E-state index in [0.717, 1.165) is 5.56 Å². The van der Waals surface area contributed by atoms with Gasteiger partial charge in [0.05, 0.1) is 41.9 Å². The average molecular weight is 516 g/mol. The zero-order valence-corrected chi connectivity index (χ0v) is 19.5. The van der Waals surface area contributed by atoms with Gasteiger partial charge in [0.1, 0.15) is 11.6 Å². The number of alkyl halides is 1. The third-order valence-electron chi connectivity index (χ3n) is 6.41. The Labute approximate surface area is 193 Å². The van der Waals surface area contributed by atoms with Crippen molar-refractivity contribution in [1.82, 2.24) is 4.90 Å². The molecule has 8 nitrogen and oxygen atoms in total. The molecule has 3 heterocycles. The van der Waals surface area contributed by atoms with Crippen molar-refractivity contribution in [2.24, 2.45) is 11.8 Å². The lowest BCUT2D eigenvalue weighted by Gasteiger charge is -2.34. The van der Waals surface area contributed by atoms with Crippen LogP contribution in [0.25, 0.3) is 0 Å². The fraction of sp³-hybridized carbons (Fsp3) is 0.571. The molecule has 2 N–H and O–H groups in total. The number of nitrogens with one attached hydrogen (secondary N) is 1. The van der Waals surface area contributed by atoms with E-state index in [4.69, 9.17) is 21.1 Å². The number of halogens is 2. The van der Waals surface area contributed by atoms with Crippen molar-refractivity contribution in [3.63, 3.8) is 0 Å². The predicted octanol–water partition coefficient (Wildman–Crippen LogP) is 1.89. The average Bonchev–Trinajstić information content (AvgIpc) is 3.29. The van der Waals surface area contributed by atoms with Crippen LogP contribution in [0.5, 0.6) is 0 Å². The topological polar surface area (TPSA) is 105 Å².